The highest BCUT2D eigenvalue weighted by Crippen LogP contribution is 2.06. The molecule has 1 radical (unpaired) electrons. The van der Waals surface area contributed by atoms with Crippen molar-refractivity contribution in [2.75, 3.05) is 0 Å². The van der Waals surface area contributed by atoms with Crippen molar-refractivity contribution >= 4 is 0 Å². The lowest BCUT2D eigenvalue weighted by atomic mass is 11.1. The smallest absolute Gasteiger partial charge is 0.227 e. The van der Waals surface area contributed by atoms with E-state index in [0.29, 0.717) is 0 Å². The van der Waals surface area contributed by atoms with Crippen molar-refractivity contribution < 1.29 is 13.2 Å². The van der Waals surface area contributed by atoms with Crippen LogP contribution in [0.2, 0.25) is 0 Å². The number of hydrogen-bond acceptors (Lipinski definition) is 1. The summed E-state index contributed by atoms with van der Waals surface area (Å²) >= 11 is 0. The summed E-state index contributed by atoms with van der Waals surface area (Å²) in [4.78, 5) is 0. The third-order valence-corrected chi connectivity index (χ3v) is 0.200. The van der Waals surface area contributed by atoms with Crippen LogP contribution in [0.25, 0.3) is 0 Å². The maximum atomic E-state index is 10.6. The van der Waals surface area contributed by atoms with Crippen molar-refractivity contribution in [1.29, 1.82) is 0 Å². The van der Waals surface area contributed by atoms with Crippen molar-refractivity contribution in [1.82, 2.24) is 5.32 Å². The maximum Gasteiger partial charge on any atom is 0.457 e. The first kappa shape index (κ1) is 5.75. The van der Waals surface area contributed by atoms with E-state index in [1.807, 2.05) is 0 Å². The number of rotatable bonds is 0. The normalized spacial score (nSPS) is 12.0. The Kier molecular flexibility index (Phi) is 1.40. The van der Waals surface area contributed by atoms with E-state index >= 15 is 0 Å². The van der Waals surface area contributed by atoms with Crippen LogP contribution in [0.5, 0.6) is 0 Å². The monoisotopic (exact) mass is 98.0 g/mol. The highest BCUT2D eigenvalue weighted by Gasteiger charge is 2.22. The van der Waals surface area contributed by atoms with Crippen LogP contribution >= 0.6 is 0 Å². The molecule has 0 saturated heterocycles. The molecule has 37 valence electrons. The summed E-state index contributed by atoms with van der Waals surface area (Å²) in [6.07, 6.45) is -4.32. The van der Waals surface area contributed by atoms with Gasteiger partial charge in [0.2, 0.25) is 0 Å². The van der Waals surface area contributed by atoms with Gasteiger partial charge in [-0.1, -0.05) is 0 Å². The predicted octanol–water partition coefficient (Wildman–Crippen LogP) is 0.887. The first-order valence-corrected chi connectivity index (χ1v) is 1.17. The Bertz CT molecular complexity index is 38.5. The third-order valence-electron chi connectivity index (χ3n) is 0.200. The number of alkyl halides is 3. The SMILES string of the molecule is [CH2]NC(F)(F)F. The van der Waals surface area contributed by atoms with E-state index in [2.05, 4.69) is 7.05 Å². The first-order chi connectivity index (χ1) is 2.56. The topological polar surface area (TPSA) is 12.0 Å². The maximum absolute atomic E-state index is 10.6. The average Bonchev–Trinajstić information content (AvgIpc) is 1.35. The molecule has 1 nitrogen and oxygen atoms in total. The third kappa shape index (κ3) is 3.75. The fraction of sp³-hybridized carbons (Fsp3) is 0.500. The Hall–Kier alpha value is -0.250. The molecule has 4 heteroatoms. The molecule has 0 aliphatic heterocycles. The lowest BCUT2D eigenvalue weighted by Crippen LogP contribution is -2.24. The second-order valence-electron chi connectivity index (χ2n) is 0.675. The van der Waals surface area contributed by atoms with Crippen LogP contribution in [0.15, 0.2) is 0 Å². The molecule has 0 fully saturated rings. The van der Waals surface area contributed by atoms with Crippen LogP contribution in [0.3, 0.4) is 0 Å². The van der Waals surface area contributed by atoms with Gasteiger partial charge in [-0.2, -0.15) is 13.2 Å². The van der Waals surface area contributed by atoms with Crippen molar-refractivity contribution in [2.45, 2.75) is 6.30 Å². The van der Waals surface area contributed by atoms with Gasteiger partial charge in [0.1, 0.15) is 0 Å². The predicted molar refractivity (Wildman–Crippen MR) is 14.5 cm³/mol. The molecule has 0 spiro atoms. The highest BCUT2D eigenvalue weighted by molar-refractivity contribution is 4.39. The molecule has 0 aromatic heterocycles. The van der Waals surface area contributed by atoms with Crippen molar-refractivity contribution in [3.8, 4) is 0 Å². The quantitative estimate of drug-likeness (QED) is 0.443. The largest absolute Gasteiger partial charge is 0.457 e. The highest BCUT2D eigenvalue weighted by atomic mass is 19.4. The summed E-state index contributed by atoms with van der Waals surface area (Å²) in [6.45, 7) is 0. The van der Waals surface area contributed by atoms with Crippen molar-refractivity contribution in [3.05, 3.63) is 7.05 Å². The molecular formula is C2H3F3N. The minimum atomic E-state index is -4.32. The minimum absolute atomic E-state index is 0.854. The second-order valence-corrected chi connectivity index (χ2v) is 0.675. The van der Waals surface area contributed by atoms with Gasteiger partial charge >= 0.3 is 6.30 Å². The Balaban J connectivity index is 3.17. The van der Waals surface area contributed by atoms with Crippen LogP contribution in [0.4, 0.5) is 13.2 Å². The zero-order valence-corrected chi connectivity index (χ0v) is 2.84. The molecular weight excluding hydrogens is 95.0 g/mol. The second kappa shape index (κ2) is 1.47. The average molecular weight is 98.0 g/mol. The lowest BCUT2D eigenvalue weighted by molar-refractivity contribution is -0.147. The number of nitrogens with one attached hydrogen (secondary N) is 1. The summed E-state index contributed by atoms with van der Waals surface area (Å²) < 4.78 is 31.8. The fourth-order valence-corrected chi connectivity index (χ4v) is 0. The molecule has 0 saturated carbocycles. The number of hydrogen-bond donors (Lipinski definition) is 1. The van der Waals surface area contributed by atoms with Gasteiger partial charge < -0.3 is 0 Å². The van der Waals surface area contributed by atoms with E-state index in [-0.39, 0.29) is 0 Å². The molecule has 1 N–H and O–H groups in total. The molecule has 0 aliphatic carbocycles. The van der Waals surface area contributed by atoms with E-state index < -0.39 is 6.30 Å². The lowest BCUT2D eigenvalue weighted by Gasteiger charge is -1.98. The summed E-state index contributed by atoms with van der Waals surface area (Å²) in [5.41, 5.74) is 0. The Labute approximate surface area is 33.2 Å². The standard InChI is InChI=1S/C2H3F3N/c1-6-2(3,4)5/h6H,1H2. The molecule has 0 bridgehead atoms. The van der Waals surface area contributed by atoms with Gasteiger partial charge in [-0.25, -0.2) is 5.32 Å². The van der Waals surface area contributed by atoms with Crippen molar-refractivity contribution in [3.63, 3.8) is 0 Å². The molecule has 0 aromatic carbocycles. The molecule has 0 heterocycles. The molecule has 0 amide bonds. The van der Waals surface area contributed by atoms with Crippen LogP contribution in [-0.2, 0) is 0 Å². The van der Waals surface area contributed by atoms with Gasteiger partial charge in [0.15, 0.2) is 0 Å². The van der Waals surface area contributed by atoms with E-state index in [1.54, 1.807) is 0 Å². The van der Waals surface area contributed by atoms with E-state index in [9.17, 15) is 13.2 Å². The van der Waals surface area contributed by atoms with Gasteiger partial charge in [0.05, 0.1) is 0 Å². The Morgan fingerprint density at radius 2 is 1.50 bits per heavy atom. The van der Waals surface area contributed by atoms with Crippen LogP contribution < -0.4 is 5.32 Å². The van der Waals surface area contributed by atoms with Gasteiger partial charge in [-0.3, -0.25) is 0 Å². The molecule has 0 aromatic rings. The molecule has 0 atom stereocenters. The summed E-state index contributed by atoms with van der Waals surface area (Å²) in [7, 11) is 2.38. The summed E-state index contributed by atoms with van der Waals surface area (Å²) in [5, 5.41) is 0.854. The van der Waals surface area contributed by atoms with Crippen LogP contribution in [0, 0.1) is 7.05 Å². The Morgan fingerprint density at radius 1 is 1.33 bits per heavy atom. The molecule has 0 aliphatic rings. The summed E-state index contributed by atoms with van der Waals surface area (Å²) in [5.74, 6) is 0. The van der Waals surface area contributed by atoms with Crippen LogP contribution in [-0.4, -0.2) is 6.30 Å². The van der Waals surface area contributed by atoms with Gasteiger partial charge in [0.25, 0.3) is 0 Å². The van der Waals surface area contributed by atoms with Gasteiger partial charge in [-0.05, 0) is 0 Å². The van der Waals surface area contributed by atoms with Crippen molar-refractivity contribution in [2.24, 2.45) is 0 Å². The van der Waals surface area contributed by atoms with E-state index in [0.717, 1.165) is 5.32 Å². The van der Waals surface area contributed by atoms with E-state index in [1.165, 1.54) is 0 Å². The molecule has 6 heavy (non-hydrogen) atoms. The Morgan fingerprint density at radius 3 is 1.50 bits per heavy atom. The van der Waals surface area contributed by atoms with Gasteiger partial charge in [-0.15, -0.1) is 0 Å². The zero-order chi connectivity index (χ0) is 5.21. The molecule has 0 rings (SSSR count). The van der Waals surface area contributed by atoms with Crippen LogP contribution in [0.1, 0.15) is 0 Å². The number of halogens is 3. The first-order valence-electron chi connectivity index (χ1n) is 1.17. The van der Waals surface area contributed by atoms with E-state index in [4.69, 9.17) is 0 Å². The molecule has 0 unspecified atom stereocenters. The minimum Gasteiger partial charge on any atom is -0.227 e. The summed E-state index contributed by atoms with van der Waals surface area (Å²) in [6, 6.07) is 0. The zero-order valence-electron chi connectivity index (χ0n) is 2.84. The van der Waals surface area contributed by atoms with Gasteiger partial charge in [0, 0.05) is 7.05 Å². The fourth-order valence-electron chi connectivity index (χ4n) is 0.